The molecule has 0 saturated carbocycles. The van der Waals surface area contributed by atoms with Gasteiger partial charge in [0.05, 0.1) is 19.3 Å². The molecule has 2 saturated heterocycles. The summed E-state index contributed by atoms with van der Waals surface area (Å²) in [5.41, 5.74) is 0. The lowest BCUT2D eigenvalue weighted by Crippen LogP contribution is -2.48. The average molecular weight is 408 g/mol. The van der Waals surface area contributed by atoms with Crippen LogP contribution in [0.5, 0.6) is 0 Å². The predicted molar refractivity (Wildman–Crippen MR) is 118 cm³/mol. The number of guanidine groups is 1. The lowest BCUT2D eigenvalue weighted by molar-refractivity contribution is 0.0177. The summed E-state index contributed by atoms with van der Waals surface area (Å²) in [7, 11) is 1.87. The molecule has 0 spiro atoms. The average Bonchev–Trinajstić information content (AvgIpc) is 3.26. The van der Waals surface area contributed by atoms with Gasteiger partial charge in [-0.2, -0.15) is 0 Å². The van der Waals surface area contributed by atoms with E-state index in [0.29, 0.717) is 18.0 Å². The van der Waals surface area contributed by atoms with Gasteiger partial charge in [0, 0.05) is 50.7 Å². The van der Waals surface area contributed by atoms with Crippen molar-refractivity contribution in [2.75, 3.05) is 59.5 Å². The van der Waals surface area contributed by atoms with E-state index in [1.165, 1.54) is 30.8 Å². The van der Waals surface area contributed by atoms with Gasteiger partial charge in [-0.25, -0.2) is 0 Å². The third-order valence-electron chi connectivity index (χ3n) is 5.88. The molecule has 0 aliphatic carbocycles. The van der Waals surface area contributed by atoms with Crippen molar-refractivity contribution in [1.29, 1.82) is 0 Å². The number of thiophene rings is 1. The Kier molecular flexibility index (Phi) is 8.58. The Labute approximate surface area is 174 Å². The molecular formula is C21H37N5OS. The highest BCUT2D eigenvalue weighted by atomic mass is 32.1. The Morgan fingerprint density at radius 3 is 2.75 bits per heavy atom. The first-order valence-electron chi connectivity index (χ1n) is 10.7. The van der Waals surface area contributed by atoms with Crippen LogP contribution in [0.2, 0.25) is 0 Å². The molecule has 3 heterocycles. The summed E-state index contributed by atoms with van der Waals surface area (Å²) >= 11 is 1.83. The van der Waals surface area contributed by atoms with Gasteiger partial charge in [-0.1, -0.05) is 6.07 Å². The van der Waals surface area contributed by atoms with E-state index < -0.39 is 0 Å². The number of aliphatic imine (C=N–C) groups is 1. The number of hydrogen-bond acceptors (Lipinski definition) is 5. The van der Waals surface area contributed by atoms with Crippen LogP contribution in [-0.4, -0.2) is 81.3 Å². The molecule has 0 aromatic carbocycles. The van der Waals surface area contributed by atoms with Gasteiger partial charge in [0.1, 0.15) is 0 Å². The highest BCUT2D eigenvalue weighted by molar-refractivity contribution is 7.10. The fraction of sp³-hybridized carbons (Fsp3) is 0.762. The second-order valence-electron chi connectivity index (χ2n) is 8.11. The van der Waals surface area contributed by atoms with E-state index in [4.69, 9.17) is 4.74 Å². The third-order valence-corrected chi connectivity index (χ3v) is 6.86. The Bertz CT molecular complexity index is 586. The molecule has 2 unspecified atom stereocenters. The van der Waals surface area contributed by atoms with Crippen molar-refractivity contribution in [3.05, 3.63) is 22.4 Å². The van der Waals surface area contributed by atoms with Crippen molar-refractivity contribution in [3.8, 4) is 0 Å². The second-order valence-corrected chi connectivity index (χ2v) is 9.09. The van der Waals surface area contributed by atoms with Crippen molar-refractivity contribution in [2.24, 2.45) is 10.9 Å². The van der Waals surface area contributed by atoms with Crippen LogP contribution in [0.15, 0.2) is 22.5 Å². The van der Waals surface area contributed by atoms with Crippen molar-refractivity contribution in [3.63, 3.8) is 0 Å². The monoisotopic (exact) mass is 407 g/mol. The van der Waals surface area contributed by atoms with E-state index in [2.05, 4.69) is 56.8 Å². The normalized spacial score (nSPS) is 23.7. The number of nitrogens with zero attached hydrogens (tertiary/aromatic N) is 3. The summed E-state index contributed by atoms with van der Waals surface area (Å²) in [6, 6.07) is 5.39. The number of likely N-dealkylation sites (tertiary alicyclic amines) is 1. The van der Waals surface area contributed by atoms with Crippen molar-refractivity contribution in [1.82, 2.24) is 20.4 Å². The molecular weight excluding hydrogens is 370 g/mol. The van der Waals surface area contributed by atoms with Gasteiger partial charge in [-0.15, -0.1) is 11.3 Å². The minimum Gasteiger partial charge on any atom is -0.379 e. The van der Waals surface area contributed by atoms with Gasteiger partial charge in [-0.05, 0) is 50.6 Å². The van der Waals surface area contributed by atoms with Crippen LogP contribution in [0, 0.1) is 5.92 Å². The molecule has 7 heteroatoms. The SMILES string of the molecule is CN=C(NCC1CCCN(C(C)C)C1)NCC(c1cccs1)N1CCOCC1. The van der Waals surface area contributed by atoms with Gasteiger partial charge in [0.2, 0.25) is 0 Å². The molecule has 2 fully saturated rings. The molecule has 28 heavy (non-hydrogen) atoms. The first kappa shape index (κ1) is 21.6. The summed E-state index contributed by atoms with van der Waals surface area (Å²) in [5, 5.41) is 9.32. The molecule has 0 radical (unpaired) electrons. The van der Waals surface area contributed by atoms with Crippen molar-refractivity contribution >= 4 is 17.3 Å². The zero-order chi connectivity index (χ0) is 19.8. The molecule has 158 valence electrons. The summed E-state index contributed by atoms with van der Waals surface area (Å²) < 4.78 is 5.55. The van der Waals surface area contributed by atoms with Crippen LogP contribution in [0.4, 0.5) is 0 Å². The zero-order valence-electron chi connectivity index (χ0n) is 17.7. The number of piperidine rings is 1. The Balaban J connectivity index is 1.50. The highest BCUT2D eigenvalue weighted by Crippen LogP contribution is 2.25. The molecule has 1 aromatic heterocycles. The molecule has 2 N–H and O–H groups in total. The van der Waals surface area contributed by atoms with Gasteiger partial charge >= 0.3 is 0 Å². The third kappa shape index (κ3) is 6.17. The maximum absolute atomic E-state index is 5.55. The van der Waals surface area contributed by atoms with E-state index in [1.54, 1.807) is 0 Å². The molecule has 3 rings (SSSR count). The maximum Gasteiger partial charge on any atom is 0.191 e. The van der Waals surface area contributed by atoms with Crippen LogP contribution in [0.25, 0.3) is 0 Å². The first-order valence-corrected chi connectivity index (χ1v) is 11.6. The number of morpholine rings is 1. The number of hydrogen-bond donors (Lipinski definition) is 2. The fourth-order valence-corrected chi connectivity index (χ4v) is 5.03. The maximum atomic E-state index is 5.55. The molecule has 6 nitrogen and oxygen atoms in total. The topological polar surface area (TPSA) is 52.1 Å². The summed E-state index contributed by atoms with van der Waals surface area (Å²) in [6.07, 6.45) is 2.60. The highest BCUT2D eigenvalue weighted by Gasteiger charge is 2.24. The Hall–Kier alpha value is -1.15. The Morgan fingerprint density at radius 2 is 2.07 bits per heavy atom. The smallest absolute Gasteiger partial charge is 0.191 e. The predicted octanol–water partition coefficient (Wildman–Crippen LogP) is 2.41. The first-order chi connectivity index (χ1) is 13.7. The van der Waals surface area contributed by atoms with Gasteiger partial charge in [0.15, 0.2) is 5.96 Å². The van der Waals surface area contributed by atoms with Crippen LogP contribution < -0.4 is 10.6 Å². The minimum atomic E-state index is 0.369. The van der Waals surface area contributed by atoms with Crippen molar-refractivity contribution in [2.45, 2.75) is 38.8 Å². The van der Waals surface area contributed by atoms with E-state index >= 15 is 0 Å². The molecule has 2 aliphatic heterocycles. The lowest BCUT2D eigenvalue weighted by atomic mass is 9.97. The summed E-state index contributed by atoms with van der Waals surface area (Å²) in [5.74, 6) is 1.61. The molecule has 0 bridgehead atoms. The zero-order valence-corrected chi connectivity index (χ0v) is 18.5. The number of nitrogens with one attached hydrogen (secondary N) is 2. The van der Waals surface area contributed by atoms with Crippen LogP contribution >= 0.6 is 11.3 Å². The van der Waals surface area contributed by atoms with Crippen LogP contribution in [0.1, 0.15) is 37.6 Å². The van der Waals surface area contributed by atoms with Gasteiger partial charge in [-0.3, -0.25) is 9.89 Å². The molecule has 1 aromatic rings. The minimum absolute atomic E-state index is 0.369. The number of rotatable bonds is 7. The lowest BCUT2D eigenvalue weighted by Gasteiger charge is -2.36. The van der Waals surface area contributed by atoms with E-state index in [9.17, 15) is 0 Å². The standard InChI is InChI=1S/C21H37N5OS/c1-17(2)26-8-4-6-18(16-26)14-23-21(22-3)24-15-19(20-7-5-13-28-20)25-9-11-27-12-10-25/h5,7,13,17-19H,4,6,8-12,14-16H2,1-3H3,(H2,22,23,24). The summed E-state index contributed by atoms with van der Waals surface area (Å²) in [4.78, 5) is 11.0. The number of ether oxygens (including phenoxy) is 1. The van der Waals surface area contributed by atoms with Gasteiger partial charge in [0.25, 0.3) is 0 Å². The van der Waals surface area contributed by atoms with Gasteiger partial charge < -0.3 is 20.3 Å². The van der Waals surface area contributed by atoms with E-state index in [0.717, 1.165) is 45.4 Å². The van der Waals surface area contributed by atoms with E-state index in [1.807, 2.05) is 18.4 Å². The molecule has 0 amide bonds. The van der Waals surface area contributed by atoms with Crippen molar-refractivity contribution < 1.29 is 4.74 Å². The van der Waals surface area contributed by atoms with Crippen LogP contribution in [-0.2, 0) is 4.74 Å². The quantitative estimate of drug-likeness (QED) is 0.537. The second kappa shape index (κ2) is 11.1. The van der Waals surface area contributed by atoms with Crippen LogP contribution in [0.3, 0.4) is 0 Å². The Morgan fingerprint density at radius 1 is 1.25 bits per heavy atom. The molecule has 2 aliphatic rings. The fourth-order valence-electron chi connectivity index (χ4n) is 4.17. The van der Waals surface area contributed by atoms with E-state index in [-0.39, 0.29) is 0 Å². The summed E-state index contributed by atoms with van der Waals surface area (Å²) in [6.45, 7) is 12.5. The molecule has 2 atom stereocenters. The largest absolute Gasteiger partial charge is 0.379 e.